The monoisotopic (exact) mass is 653 g/mol. The Morgan fingerprint density at radius 3 is 2.00 bits per heavy atom. The van der Waals surface area contributed by atoms with Crippen LogP contribution >= 0.6 is 23.2 Å². The smallest absolute Gasteiger partial charge is 0.264 e. The van der Waals surface area contributed by atoms with Crippen molar-refractivity contribution >= 4 is 50.7 Å². The fourth-order valence-electron chi connectivity index (χ4n) is 4.70. The maximum absolute atomic E-state index is 14.4. The van der Waals surface area contributed by atoms with Crippen molar-refractivity contribution < 1.29 is 22.7 Å². The molecule has 0 aromatic heterocycles. The molecule has 0 saturated heterocycles. The van der Waals surface area contributed by atoms with Crippen LogP contribution in [0.25, 0.3) is 0 Å². The second kappa shape index (κ2) is 15.1. The zero-order valence-corrected chi connectivity index (χ0v) is 26.6. The van der Waals surface area contributed by atoms with Crippen LogP contribution in [-0.2, 0) is 32.6 Å². The van der Waals surface area contributed by atoms with Crippen LogP contribution < -0.4 is 14.4 Å². The molecular weight excluding hydrogens is 621 g/mol. The first-order valence-electron chi connectivity index (χ1n) is 13.9. The van der Waals surface area contributed by atoms with E-state index in [-0.39, 0.29) is 23.5 Å². The Hall–Kier alpha value is -4.05. The van der Waals surface area contributed by atoms with Gasteiger partial charge in [-0.05, 0) is 61.0 Å². The second-order valence-corrected chi connectivity index (χ2v) is 12.5. The highest BCUT2D eigenvalue weighted by Crippen LogP contribution is 2.29. The SMILES string of the molecule is CCOc1ccc(N(CC(=O)N(Cc2c(Cl)cccc2Cl)[C@H](Cc2ccccc2)C(=O)NC)S(=O)(=O)c2ccccc2)cc1. The topological polar surface area (TPSA) is 96.0 Å². The van der Waals surface area contributed by atoms with Crippen molar-refractivity contribution in [3.8, 4) is 5.75 Å². The lowest BCUT2D eigenvalue weighted by atomic mass is 10.0. The molecule has 44 heavy (non-hydrogen) atoms. The highest BCUT2D eigenvalue weighted by Gasteiger charge is 2.35. The molecule has 0 saturated carbocycles. The lowest BCUT2D eigenvalue weighted by molar-refractivity contribution is -0.139. The normalized spacial score (nSPS) is 11.8. The third-order valence-electron chi connectivity index (χ3n) is 6.95. The molecule has 1 atom stereocenters. The van der Waals surface area contributed by atoms with Gasteiger partial charge in [0.25, 0.3) is 10.0 Å². The third kappa shape index (κ3) is 7.91. The van der Waals surface area contributed by atoms with E-state index >= 15 is 0 Å². The van der Waals surface area contributed by atoms with E-state index in [4.69, 9.17) is 27.9 Å². The number of nitrogens with zero attached hydrogens (tertiary/aromatic N) is 2. The van der Waals surface area contributed by atoms with Gasteiger partial charge in [-0.1, -0.05) is 77.8 Å². The van der Waals surface area contributed by atoms with Crippen LogP contribution in [0.5, 0.6) is 5.75 Å². The maximum Gasteiger partial charge on any atom is 0.264 e. The highest BCUT2D eigenvalue weighted by atomic mass is 35.5. The number of carbonyl (C=O) groups excluding carboxylic acids is 2. The molecule has 4 aromatic rings. The largest absolute Gasteiger partial charge is 0.494 e. The molecule has 0 unspecified atom stereocenters. The molecule has 0 radical (unpaired) electrons. The van der Waals surface area contributed by atoms with Crippen LogP contribution in [0.4, 0.5) is 5.69 Å². The van der Waals surface area contributed by atoms with Gasteiger partial charge in [-0.25, -0.2) is 8.42 Å². The number of carbonyl (C=O) groups is 2. The predicted octanol–water partition coefficient (Wildman–Crippen LogP) is 5.97. The Kier molecular flexibility index (Phi) is 11.3. The average molecular weight is 655 g/mol. The lowest BCUT2D eigenvalue weighted by Crippen LogP contribution is -2.53. The Bertz CT molecular complexity index is 1650. The molecule has 4 rings (SSSR count). The third-order valence-corrected chi connectivity index (χ3v) is 9.45. The van der Waals surface area contributed by atoms with Crippen molar-refractivity contribution in [1.29, 1.82) is 0 Å². The number of rotatable bonds is 13. The van der Waals surface area contributed by atoms with E-state index in [1.54, 1.807) is 60.7 Å². The van der Waals surface area contributed by atoms with Crippen LogP contribution in [-0.4, -0.2) is 51.4 Å². The van der Waals surface area contributed by atoms with Gasteiger partial charge in [-0.2, -0.15) is 0 Å². The van der Waals surface area contributed by atoms with Gasteiger partial charge in [0.15, 0.2) is 0 Å². The molecule has 4 aromatic carbocycles. The number of benzene rings is 4. The molecule has 230 valence electrons. The summed E-state index contributed by atoms with van der Waals surface area (Å²) < 4.78 is 34.6. The number of hydrogen-bond donors (Lipinski definition) is 1. The van der Waals surface area contributed by atoms with E-state index in [0.29, 0.717) is 28.0 Å². The number of sulfonamides is 1. The van der Waals surface area contributed by atoms with Crippen LogP contribution in [0.15, 0.2) is 108 Å². The average Bonchev–Trinajstić information content (AvgIpc) is 3.03. The van der Waals surface area contributed by atoms with Crippen molar-refractivity contribution in [1.82, 2.24) is 10.2 Å². The second-order valence-electron chi connectivity index (χ2n) is 9.79. The van der Waals surface area contributed by atoms with E-state index < -0.39 is 34.4 Å². The summed E-state index contributed by atoms with van der Waals surface area (Å²) in [5.74, 6) is -0.500. The molecule has 2 amide bonds. The molecular formula is C33H33Cl2N3O5S. The Balaban J connectivity index is 1.81. The van der Waals surface area contributed by atoms with E-state index in [2.05, 4.69) is 5.32 Å². The van der Waals surface area contributed by atoms with Crippen LogP contribution in [0.2, 0.25) is 10.0 Å². The number of hydrogen-bond acceptors (Lipinski definition) is 5. The van der Waals surface area contributed by atoms with Gasteiger partial charge in [0.2, 0.25) is 11.8 Å². The van der Waals surface area contributed by atoms with Gasteiger partial charge in [0.1, 0.15) is 18.3 Å². The first-order valence-corrected chi connectivity index (χ1v) is 16.1. The maximum atomic E-state index is 14.4. The quantitative estimate of drug-likeness (QED) is 0.192. The van der Waals surface area contributed by atoms with Gasteiger partial charge in [-0.15, -0.1) is 0 Å². The van der Waals surface area contributed by atoms with Gasteiger partial charge in [0.05, 0.1) is 17.2 Å². The van der Waals surface area contributed by atoms with Gasteiger partial charge < -0.3 is 15.0 Å². The minimum atomic E-state index is -4.22. The summed E-state index contributed by atoms with van der Waals surface area (Å²) in [6.07, 6.45) is 0.169. The van der Waals surface area contributed by atoms with E-state index in [0.717, 1.165) is 9.87 Å². The summed E-state index contributed by atoms with van der Waals surface area (Å²) in [7, 11) is -2.73. The van der Waals surface area contributed by atoms with Gasteiger partial charge >= 0.3 is 0 Å². The molecule has 1 N–H and O–H groups in total. The van der Waals surface area contributed by atoms with Crippen LogP contribution in [0.1, 0.15) is 18.1 Å². The minimum absolute atomic E-state index is 0.00881. The predicted molar refractivity (Wildman–Crippen MR) is 174 cm³/mol. The summed E-state index contributed by atoms with van der Waals surface area (Å²) in [6.45, 7) is 1.54. The number of amides is 2. The molecule has 0 bridgehead atoms. The number of halogens is 2. The Labute approximate surface area is 268 Å². The minimum Gasteiger partial charge on any atom is -0.494 e. The highest BCUT2D eigenvalue weighted by molar-refractivity contribution is 7.92. The first-order chi connectivity index (χ1) is 21.1. The molecule has 0 aliphatic heterocycles. The number of anilines is 1. The number of likely N-dealkylation sites (N-methyl/N-ethyl adjacent to an activating group) is 1. The first kappa shape index (κ1) is 32.9. The van der Waals surface area contributed by atoms with Crippen molar-refractivity contribution in [2.75, 3.05) is 24.5 Å². The standard InChI is InChI=1S/C33H33Cl2N3O5S/c1-3-43-26-19-17-25(18-20-26)38(44(41,42)27-13-8-5-9-14-27)23-32(39)37(22-28-29(34)15-10-16-30(28)35)31(33(40)36-2)21-24-11-6-4-7-12-24/h4-20,31H,3,21-23H2,1-2H3,(H,36,40)/t31-/m1/s1. The van der Waals surface area contributed by atoms with Gasteiger partial charge in [-0.3, -0.25) is 13.9 Å². The summed E-state index contributed by atoms with van der Waals surface area (Å²) in [6, 6.07) is 27.5. The van der Waals surface area contributed by atoms with Crippen molar-refractivity contribution in [3.05, 3.63) is 124 Å². The Morgan fingerprint density at radius 2 is 1.43 bits per heavy atom. The van der Waals surface area contributed by atoms with Crippen molar-refractivity contribution in [2.45, 2.75) is 30.8 Å². The van der Waals surface area contributed by atoms with Crippen molar-refractivity contribution in [2.24, 2.45) is 0 Å². The molecule has 0 heterocycles. The fraction of sp³-hybridized carbons (Fsp3) is 0.212. The molecule has 0 spiro atoms. The molecule has 0 aliphatic rings. The molecule has 0 aliphatic carbocycles. The van der Waals surface area contributed by atoms with Crippen LogP contribution in [0.3, 0.4) is 0 Å². The zero-order valence-electron chi connectivity index (χ0n) is 24.3. The Morgan fingerprint density at radius 1 is 0.841 bits per heavy atom. The molecule has 11 heteroatoms. The zero-order chi connectivity index (χ0) is 31.7. The van der Waals surface area contributed by atoms with Crippen molar-refractivity contribution in [3.63, 3.8) is 0 Å². The molecule has 8 nitrogen and oxygen atoms in total. The van der Waals surface area contributed by atoms with E-state index in [1.807, 2.05) is 37.3 Å². The molecule has 0 fully saturated rings. The number of nitrogens with one attached hydrogen (secondary N) is 1. The van der Waals surface area contributed by atoms with Gasteiger partial charge in [0, 0.05) is 35.6 Å². The van der Waals surface area contributed by atoms with E-state index in [9.17, 15) is 18.0 Å². The van der Waals surface area contributed by atoms with Crippen LogP contribution in [0, 0.1) is 0 Å². The number of ether oxygens (including phenoxy) is 1. The lowest BCUT2D eigenvalue weighted by Gasteiger charge is -2.34. The summed E-state index contributed by atoms with van der Waals surface area (Å²) in [5.41, 5.74) is 1.50. The summed E-state index contributed by atoms with van der Waals surface area (Å²) in [4.78, 5) is 29.1. The van der Waals surface area contributed by atoms with E-state index in [1.165, 1.54) is 24.1 Å². The fourth-order valence-corrected chi connectivity index (χ4v) is 6.65. The summed E-state index contributed by atoms with van der Waals surface area (Å²) in [5, 5.41) is 3.27. The summed E-state index contributed by atoms with van der Waals surface area (Å²) >= 11 is 13.0.